The Morgan fingerprint density at radius 1 is 1.53 bits per heavy atom. The Kier molecular flexibility index (Phi) is 3.05. The van der Waals surface area contributed by atoms with Crippen molar-refractivity contribution in [2.45, 2.75) is 31.3 Å². The summed E-state index contributed by atoms with van der Waals surface area (Å²) >= 11 is 1.60. The third-order valence-corrected chi connectivity index (χ3v) is 2.90. The molecule has 2 aromatic rings. The van der Waals surface area contributed by atoms with E-state index in [2.05, 4.69) is 26.6 Å². The van der Waals surface area contributed by atoms with Crippen LogP contribution in [0.4, 0.5) is 0 Å². The van der Waals surface area contributed by atoms with Crippen molar-refractivity contribution >= 4 is 11.8 Å². The van der Waals surface area contributed by atoms with Gasteiger partial charge in [-0.1, -0.05) is 16.9 Å². The lowest BCUT2D eigenvalue weighted by atomic mass is 10.7. The average Bonchev–Trinajstić information content (AvgIpc) is 2.83. The maximum atomic E-state index is 5.02. The van der Waals surface area contributed by atoms with Crippen molar-refractivity contribution in [1.29, 1.82) is 0 Å². The number of rotatable bonds is 4. The highest BCUT2D eigenvalue weighted by Crippen LogP contribution is 2.19. The Balaban J connectivity index is 1.98. The molecule has 0 unspecified atom stereocenters. The van der Waals surface area contributed by atoms with E-state index >= 15 is 0 Å². The van der Waals surface area contributed by atoms with Crippen LogP contribution in [0.2, 0.25) is 0 Å². The van der Waals surface area contributed by atoms with Crippen LogP contribution < -0.4 is 0 Å². The first-order chi connectivity index (χ1) is 7.29. The van der Waals surface area contributed by atoms with Crippen molar-refractivity contribution in [3.63, 3.8) is 0 Å². The second-order valence-electron chi connectivity index (χ2n) is 3.02. The summed E-state index contributed by atoms with van der Waals surface area (Å²) in [4.78, 5) is 8.37. The van der Waals surface area contributed by atoms with Crippen LogP contribution >= 0.6 is 11.8 Å². The van der Waals surface area contributed by atoms with Crippen molar-refractivity contribution in [3.05, 3.63) is 24.1 Å². The van der Waals surface area contributed by atoms with Gasteiger partial charge in [-0.3, -0.25) is 0 Å². The quantitative estimate of drug-likeness (QED) is 0.742. The number of hydrogen-bond donors (Lipinski definition) is 0. The first-order valence-corrected chi connectivity index (χ1v) is 5.71. The van der Waals surface area contributed by atoms with Crippen molar-refractivity contribution in [2.75, 3.05) is 0 Å². The summed E-state index contributed by atoms with van der Waals surface area (Å²) in [6.07, 6.45) is 3.76. The zero-order valence-electron chi connectivity index (χ0n) is 8.67. The van der Waals surface area contributed by atoms with Gasteiger partial charge < -0.3 is 9.09 Å². The molecule has 0 spiro atoms. The number of nitrogens with zero attached hydrogens (tertiary/aromatic N) is 4. The van der Waals surface area contributed by atoms with Gasteiger partial charge in [0.2, 0.25) is 5.89 Å². The van der Waals surface area contributed by atoms with E-state index in [1.165, 1.54) is 0 Å². The molecule has 80 valence electrons. The smallest absolute Gasteiger partial charge is 0.237 e. The minimum Gasteiger partial charge on any atom is -0.338 e. The fraction of sp³-hybridized carbons (Fsp3) is 0.444. The Morgan fingerprint density at radius 2 is 2.40 bits per heavy atom. The summed E-state index contributed by atoms with van der Waals surface area (Å²) < 4.78 is 7.09. The summed E-state index contributed by atoms with van der Waals surface area (Å²) in [5.41, 5.74) is 0. The van der Waals surface area contributed by atoms with Gasteiger partial charge >= 0.3 is 0 Å². The van der Waals surface area contributed by atoms with Crippen LogP contribution in [0.25, 0.3) is 0 Å². The highest BCUT2D eigenvalue weighted by atomic mass is 32.2. The van der Waals surface area contributed by atoms with Gasteiger partial charge in [-0.2, -0.15) is 4.98 Å². The van der Waals surface area contributed by atoms with Crippen LogP contribution in [0.1, 0.15) is 18.6 Å². The third-order valence-electron chi connectivity index (χ3n) is 1.91. The topological polar surface area (TPSA) is 56.7 Å². The number of aromatic nitrogens is 4. The summed E-state index contributed by atoms with van der Waals surface area (Å²) in [6, 6.07) is 0. The summed E-state index contributed by atoms with van der Waals surface area (Å²) in [5, 5.41) is 4.71. The lowest BCUT2D eigenvalue weighted by molar-refractivity contribution is 0.387. The van der Waals surface area contributed by atoms with Gasteiger partial charge in [0.1, 0.15) is 0 Å². The zero-order chi connectivity index (χ0) is 10.7. The zero-order valence-corrected chi connectivity index (χ0v) is 9.49. The summed E-state index contributed by atoms with van der Waals surface area (Å²) in [7, 11) is 0. The summed E-state index contributed by atoms with van der Waals surface area (Å²) in [6.45, 7) is 4.82. The fourth-order valence-corrected chi connectivity index (χ4v) is 2.06. The Labute approximate surface area is 91.9 Å². The Morgan fingerprint density at radius 3 is 3.07 bits per heavy atom. The molecule has 0 amide bonds. The average molecular weight is 224 g/mol. The monoisotopic (exact) mass is 224 g/mol. The predicted molar refractivity (Wildman–Crippen MR) is 56.5 cm³/mol. The van der Waals surface area contributed by atoms with Gasteiger partial charge in [-0.05, 0) is 13.8 Å². The van der Waals surface area contributed by atoms with Gasteiger partial charge in [0.25, 0.3) is 0 Å². The molecular weight excluding hydrogens is 212 g/mol. The third kappa shape index (κ3) is 2.38. The molecule has 0 aliphatic carbocycles. The van der Waals surface area contributed by atoms with E-state index in [0.717, 1.165) is 11.7 Å². The molecule has 0 N–H and O–H groups in total. The van der Waals surface area contributed by atoms with Crippen molar-refractivity contribution in [2.24, 2.45) is 0 Å². The molecule has 6 heteroatoms. The van der Waals surface area contributed by atoms with Crippen LogP contribution in [-0.4, -0.2) is 19.7 Å². The molecule has 0 saturated carbocycles. The van der Waals surface area contributed by atoms with Crippen molar-refractivity contribution in [1.82, 2.24) is 19.7 Å². The van der Waals surface area contributed by atoms with E-state index in [1.807, 2.05) is 13.1 Å². The molecule has 15 heavy (non-hydrogen) atoms. The van der Waals surface area contributed by atoms with Crippen LogP contribution in [0.5, 0.6) is 0 Å². The van der Waals surface area contributed by atoms with Gasteiger partial charge in [0.15, 0.2) is 11.0 Å². The SMILES string of the molecule is CCn1ccnc1SCc1nc(C)no1. The molecular formula is C9H12N4OS. The van der Waals surface area contributed by atoms with E-state index in [-0.39, 0.29) is 0 Å². The van der Waals surface area contributed by atoms with E-state index in [9.17, 15) is 0 Å². The number of hydrogen-bond acceptors (Lipinski definition) is 5. The van der Waals surface area contributed by atoms with Crippen molar-refractivity contribution < 1.29 is 4.52 Å². The Hall–Kier alpha value is -1.30. The van der Waals surface area contributed by atoms with E-state index in [4.69, 9.17) is 4.52 Å². The lowest BCUT2D eigenvalue weighted by Gasteiger charge is -2.01. The van der Waals surface area contributed by atoms with Gasteiger partial charge in [0, 0.05) is 18.9 Å². The van der Waals surface area contributed by atoms with Crippen LogP contribution in [-0.2, 0) is 12.3 Å². The van der Waals surface area contributed by atoms with Gasteiger partial charge in [-0.25, -0.2) is 4.98 Å². The second kappa shape index (κ2) is 4.48. The minimum atomic E-state index is 0.642. The number of imidazole rings is 1. The van der Waals surface area contributed by atoms with E-state index in [0.29, 0.717) is 17.5 Å². The number of thioether (sulfide) groups is 1. The molecule has 0 fully saturated rings. The van der Waals surface area contributed by atoms with Crippen LogP contribution in [0.3, 0.4) is 0 Å². The largest absolute Gasteiger partial charge is 0.338 e. The first-order valence-electron chi connectivity index (χ1n) is 4.72. The van der Waals surface area contributed by atoms with Crippen molar-refractivity contribution in [3.8, 4) is 0 Å². The molecule has 2 rings (SSSR count). The fourth-order valence-electron chi connectivity index (χ4n) is 1.20. The summed E-state index contributed by atoms with van der Waals surface area (Å²) in [5.74, 6) is 1.98. The molecule has 5 nitrogen and oxygen atoms in total. The highest BCUT2D eigenvalue weighted by molar-refractivity contribution is 7.98. The second-order valence-corrected chi connectivity index (χ2v) is 3.96. The normalized spacial score (nSPS) is 10.8. The lowest BCUT2D eigenvalue weighted by Crippen LogP contribution is -1.94. The van der Waals surface area contributed by atoms with E-state index < -0.39 is 0 Å². The Bertz CT molecular complexity index is 437. The molecule has 0 aliphatic rings. The predicted octanol–water partition coefficient (Wildman–Crippen LogP) is 1.89. The maximum absolute atomic E-state index is 5.02. The van der Waals surface area contributed by atoms with Gasteiger partial charge in [0.05, 0.1) is 5.75 Å². The first kappa shape index (κ1) is 10.2. The molecule has 0 aliphatic heterocycles. The molecule has 0 bridgehead atoms. The molecule has 0 saturated heterocycles. The maximum Gasteiger partial charge on any atom is 0.237 e. The minimum absolute atomic E-state index is 0.642. The van der Waals surface area contributed by atoms with Gasteiger partial charge in [-0.15, -0.1) is 0 Å². The molecule has 2 heterocycles. The van der Waals surface area contributed by atoms with Crippen LogP contribution in [0.15, 0.2) is 22.1 Å². The molecule has 0 atom stereocenters. The molecule has 0 radical (unpaired) electrons. The van der Waals surface area contributed by atoms with Crippen LogP contribution in [0, 0.1) is 6.92 Å². The molecule has 0 aromatic carbocycles. The highest BCUT2D eigenvalue weighted by Gasteiger charge is 2.06. The number of aryl methyl sites for hydroxylation is 2. The van der Waals surface area contributed by atoms with E-state index in [1.54, 1.807) is 18.0 Å². The molecule has 2 aromatic heterocycles. The standard InChI is InChI=1S/C9H12N4OS/c1-3-13-5-4-10-9(13)15-6-8-11-7(2)12-14-8/h4-5H,3,6H2,1-2H3.